The predicted octanol–water partition coefficient (Wildman–Crippen LogP) is 6.20. The van der Waals surface area contributed by atoms with Crippen molar-refractivity contribution in [2.45, 2.75) is 31.4 Å². The topological polar surface area (TPSA) is 35.5 Å². The van der Waals surface area contributed by atoms with Gasteiger partial charge in [-0.3, -0.25) is 4.79 Å². The van der Waals surface area contributed by atoms with Gasteiger partial charge >= 0.3 is 0 Å². The number of ether oxygens (including phenoxy) is 2. The highest BCUT2D eigenvalue weighted by Crippen LogP contribution is 2.31. The largest absolute Gasteiger partial charge is 0.485 e. The highest BCUT2D eigenvalue weighted by atomic mass is 79.9. The van der Waals surface area contributed by atoms with Crippen molar-refractivity contribution in [3.05, 3.63) is 95.6 Å². The number of alkyl halides is 1. The van der Waals surface area contributed by atoms with E-state index in [2.05, 4.69) is 15.9 Å². The number of halogens is 1. The molecule has 0 amide bonds. The zero-order valence-electron chi connectivity index (χ0n) is 15.8. The quantitative estimate of drug-likeness (QED) is 0.294. The fraction of sp³-hybridized carbons (Fsp3) is 0.208. The van der Waals surface area contributed by atoms with E-state index in [9.17, 15) is 4.79 Å². The Morgan fingerprint density at radius 3 is 1.89 bits per heavy atom. The van der Waals surface area contributed by atoms with Crippen LogP contribution in [0.15, 0.2) is 78.9 Å². The van der Waals surface area contributed by atoms with Crippen molar-refractivity contribution in [2.24, 2.45) is 0 Å². The SMILES string of the molecule is CC[C@@H](Br)C(=O)c1ccc(OCc2ccccc2)c(OCc2ccccc2)c1. The summed E-state index contributed by atoms with van der Waals surface area (Å²) < 4.78 is 12.0. The van der Waals surface area contributed by atoms with E-state index in [-0.39, 0.29) is 10.6 Å². The van der Waals surface area contributed by atoms with E-state index in [1.807, 2.05) is 73.7 Å². The van der Waals surface area contributed by atoms with Crippen LogP contribution >= 0.6 is 15.9 Å². The molecule has 0 aromatic heterocycles. The molecular formula is C24H23BrO3. The lowest BCUT2D eigenvalue weighted by Crippen LogP contribution is -2.13. The van der Waals surface area contributed by atoms with Gasteiger partial charge in [-0.2, -0.15) is 0 Å². The minimum absolute atomic E-state index is 0.0432. The zero-order chi connectivity index (χ0) is 19.8. The van der Waals surface area contributed by atoms with Gasteiger partial charge in [0.25, 0.3) is 0 Å². The molecule has 0 spiro atoms. The molecule has 0 saturated carbocycles. The molecule has 0 bridgehead atoms. The van der Waals surface area contributed by atoms with Gasteiger partial charge in [0.15, 0.2) is 17.3 Å². The van der Waals surface area contributed by atoms with Gasteiger partial charge in [-0.25, -0.2) is 0 Å². The van der Waals surface area contributed by atoms with Gasteiger partial charge in [0.1, 0.15) is 13.2 Å². The number of Topliss-reactive ketones (excluding diaryl/α,β-unsaturated/α-hetero) is 1. The van der Waals surface area contributed by atoms with Gasteiger partial charge in [0, 0.05) is 5.56 Å². The molecular weight excluding hydrogens is 416 g/mol. The van der Waals surface area contributed by atoms with Gasteiger partial charge in [-0.05, 0) is 35.7 Å². The van der Waals surface area contributed by atoms with Gasteiger partial charge in [0.2, 0.25) is 0 Å². The molecule has 3 aromatic carbocycles. The van der Waals surface area contributed by atoms with Crippen LogP contribution < -0.4 is 9.47 Å². The van der Waals surface area contributed by atoms with E-state index < -0.39 is 0 Å². The maximum Gasteiger partial charge on any atom is 0.176 e. The molecule has 0 N–H and O–H groups in total. The van der Waals surface area contributed by atoms with Crippen molar-refractivity contribution in [3.8, 4) is 11.5 Å². The summed E-state index contributed by atoms with van der Waals surface area (Å²) in [7, 11) is 0. The van der Waals surface area contributed by atoms with Crippen molar-refractivity contribution >= 4 is 21.7 Å². The molecule has 0 aliphatic carbocycles. The maximum atomic E-state index is 12.5. The van der Waals surface area contributed by atoms with Crippen LogP contribution in [0.4, 0.5) is 0 Å². The predicted molar refractivity (Wildman–Crippen MR) is 115 cm³/mol. The van der Waals surface area contributed by atoms with E-state index in [0.717, 1.165) is 17.5 Å². The van der Waals surface area contributed by atoms with Gasteiger partial charge in [0.05, 0.1) is 4.83 Å². The number of ketones is 1. The lowest BCUT2D eigenvalue weighted by Gasteiger charge is -2.15. The van der Waals surface area contributed by atoms with Crippen LogP contribution in [0.25, 0.3) is 0 Å². The fourth-order valence-electron chi connectivity index (χ4n) is 2.73. The number of carbonyl (C=O) groups is 1. The molecule has 3 aromatic rings. The Morgan fingerprint density at radius 1 is 0.821 bits per heavy atom. The third-order valence-electron chi connectivity index (χ3n) is 4.35. The molecule has 0 fully saturated rings. The molecule has 3 nitrogen and oxygen atoms in total. The summed E-state index contributed by atoms with van der Waals surface area (Å²) in [5.41, 5.74) is 2.74. The average Bonchev–Trinajstić information content (AvgIpc) is 2.76. The van der Waals surface area contributed by atoms with Gasteiger partial charge in [-0.1, -0.05) is 83.5 Å². The summed E-state index contributed by atoms with van der Waals surface area (Å²) >= 11 is 3.44. The standard InChI is InChI=1S/C24H23BrO3/c1-2-21(25)24(26)20-13-14-22(27-16-18-9-5-3-6-10-18)23(15-20)28-17-19-11-7-4-8-12-19/h3-15,21H,2,16-17H2,1H3/t21-/m1/s1. The number of rotatable bonds is 9. The minimum atomic E-state index is -0.203. The smallest absolute Gasteiger partial charge is 0.176 e. The lowest BCUT2D eigenvalue weighted by atomic mass is 10.1. The minimum Gasteiger partial charge on any atom is -0.485 e. The second-order valence-corrected chi connectivity index (χ2v) is 7.56. The molecule has 3 rings (SSSR count). The van der Waals surface area contributed by atoms with E-state index in [4.69, 9.17) is 9.47 Å². The lowest BCUT2D eigenvalue weighted by molar-refractivity contribution is 0.0989. The Hall–Kier alpha value is -2.59. The van der Waals surface area contributed by atoms with Crippen LogP contribution in [0.3, 0.4) is 0 Å². The third-order valence-corrected chi connectivity index (χ3v) is 5.41. The maximum absolute atomic E-state index is 12.5. The van der Waals surface area contributed by atoms with E-state index >= 15 is 0 Å². The Balaban J connectivity index is 1.81. The van der Waals surface area contributed by atoms with Crippen molar-refractivity contribution in [3.63, 3.8) is 0 Å². The first-order chi connectivity index (χ1) is 13.7. The molecule has 4 heteroatoms. The third kappa shape index (κ3) is 5.46. The molecule has 144 valence electrons. The van der Waals surface area contributed by atoms with E-state index in [1.165, 1.54) is 0 Å². The summed E-state index contributed by atoms with van der Waals surface area (Å²) in [6.45, 7) is 2.82. The number of carbonyl (C=O) groups excluding carboxylic acids is 1. The van der Waals surface area contributed by atoms with E-state index in [1.54, 1.807) is 12.1 Å². The monoisotopic (exact) mass is 438 g/mol. The normalized spacial score (nSPS) is 11.6. The van der Waals surface area contributed by atoms with Crippen LogP contribution in [0.5, 0.6) is 11.5 Å². The van der Waals surface area contributed by atoms with Crippen molar-refractivity contribution in [2.75, 3.05) is 0 Å². The van der Waals surface area contributed by atoms with Crippen LogP contribution in [-0.4, -0.2) is 10.6 Å². The summed E-state index contributed by atoms with van der Waals surface area (Å²) in [5.74, 6) is 1.24. The Morgan fingerprint density at radius 2 is 1.36 bits per heavy atom. The molecule has 0 aliphatic rings. The molecule has 0 unspecified atom stereocenters. The number of benzene rings is 3. The molecule has 0 aliphatic heterocycles. The fourth-order valence-corrected chi connectivity index (χ4v) is 2.99. The van der Waals surface area contributed by atoms with Gasteiger partial charge in [-0.15, -0.1) is 0 Å². The molecule has 0 heterocycles. The van der Waals surface area contributed by atoms with Crippen molar-refractivity contribution in [1.29, 1.82) is 0 Å². The first kappa shape index (κ1) is 20.2. The summed E-state index contributed by atoms with van der Waals surface area (Å²) in [4.78, 5) is 12.3. The first-order valence-corrected chi connectivity index (χ1v) is 10.2. The zero-order valence-corrected chi connectivity index (χ0v) is 17.4. The van der Waals surface area contributed by atoms with Crippen LogP contribution in [-0.2, 0) is 13.2 Å². The first-order valence-electron chi connectivity index (χ1n) is 9.33. The summed E-state index contributed by atoms with van der Waals surface area (Å²) in [6, 6.07) is 25.3. The van der Waals surface area contributed by atoms with Crippen molar-refractivity contribution < 1.29 is 14.3 Å². The number of hydrogen-bond acceptors (Lipinski definition) is 3. The van der Waals surface area contributed by atoms with Crippen LogP contribution in [0.2, 0.25) is 0 Å². The van der Waals surface area contributed by atoms with Crippen LogP contribution in [0.1, 0.15) is 34.8 Å². The second kappa shape index (κ2) is 10.1. The molecule has 1 atom stereocenters. The van der Waals surface area contributed by atoms with E-state index in [0.29, 0.717) is 30.3 Å². The molecule has 0 radical (unpaired) electrons. The second-order valence-electron chi connectivity index (χ2n) is 6.45. The van der Waals surface area contributed by atoms with Crippen molar-refractivity contribution in [1.82, 2.24) is 0 Å². The Kier molecular flexibility index (Phi) is 7.26. The molecule has 28 heavy (non-hydrogen) atoms. The number of hydrogen-bond donors (Lipinski definition) is 0. The Labute approximate surface area is 174 Å². The van der Waals surface area contributed by atoms with Crippen LogP contribution in [0, 0.1) is 0 Å². The van der Waals surface area contributed by atoms with Gasteiger partial charge < -0.3 is 9.47 Å². The average molecular weight is 439 g/mol. The summed E-state index contributed by atoms with van der Waals surface area (Å²) in [5, 5.41) is 0. The molecule has 0 saturated heterocycles. The highest BCUT2D eigenvalue weighted by Gasteiger charge is 2.17. The Bertz CT molecular complexity index is 894. The highest BCUT2D eigenvalue weighted by molar-refractivity contribution is 9.10. The summed E-state index contributed by atoms with van der Waals surface area (Å²) in [6.07, 6.45) is 0.727.